The third-order valence-electron chi connectivity index (χ3n) is 5.30. The molecule has 1 aliphatic rings. The van der Waals surface area contributed by atoms with E-state index in [-0.39, 0.29) is 11.8 Å². The van der Waals surface area contributed by atoms with Crippen LogP contribution < -0.4 is 5.32 Å². The molecule has 6 nitrogen and oxygen atoms in total. The van der Waals surface area contributed by atoms with E-state index >= 15 is 0 Å². The van der Waals surface area contributed by atoms with Crippen LogP contribution in [0.2, 0.25) is 0 Å². The third kappa shape index (κ3) is 4.50. The zero-order valence-corrected chi connectivity index (χ0v) is 16.3. The molecule has 1 aliphatic heterocycles. The number of hydrogen-bond acceptors (Lipinski definition) is 3. The van der Waals surface area contributed by atoms with Gasteiger partial charge in [0, 0.05) is 38.1 Å². The first kappa shape index (κ1) is 19.4. The lowest BCUT2D eigenvalue weighted by Gasteiger charge is -2.14. The zero-order chi connectivity index (χ0) is 19.2. The van der Waals surface area contributed by atoms with Gasteiger partial charge in [-0.15, -0.1) is 0 Å². The molecule has 0 bridgehead atoms. The van der Waals surface area contributed by atoms with Crippen LogP contribution in [0.25, 0.3) is 10.9 Å². The summed E-state index contributed by atoms with van der Waals surface area (Å²) in [5.74, 6) is 0.00798. The molecule has 0 atom stereocenters. The summed E-state index contributed by atoms with van der Waals surface area (Å²) in [5.41, 5.74) is 3.34. The van der Waals surface area contributed by atoms with E-state index in [0.29, 0.717) is 13.0 Å². The second-order valence-electron chi connectivity index (χ2n) is 7.15. The number of carbonyl (C=O) groups is 2. The predicted octanol–water partition coefficient (Wildman–Crippen LogP) is 3.29. The SMILES string of the molecule is CON(C)C(=O)CCCCCCNC(=O)c1cn2c3c(cccc13)CCC2. The van der Waals surface area contributed by atoms with Gasteiger partial charge in [0.05, 0.1) is 18.2 Å². The molecule has 6 heteroatoms. The first-order valence-corrected chi connectivity index (χ1v) is 9.81. The number of unbranched alkanes of at least 4 members (excludes halogenated alkanes) is 3. The van der Waals surface area contributed by atoms with Crippen molar-refractivity contribution in [2.24, 2.45) is 0 Å². The van der Waals surface area contributed by atoms with Crippen LogP contribution in [0.1, 0.15) is 54.4 Å². The lowest BCUT2D eigenvalue weighted by atomic mass is 10.0. The van der Waals surface area contributed by atoms with Crippen molar-refractivity contribution >= 4 is 22.7 Å². The summed E-state index contributed by atoms with van der Waals surface area (Å²) in [6, 6.07) is 6.25. The largest absolute Gasteiger partial charge is 0.352 e. The number of nitrogens with zero attached hydrogens (tertiary/aromatic N) is 2. The maximum atomic E-state index is 12.6. The minimum atomic E-state index is -0.000999. The minimum Gasteiger partial charge on any atom is -0.352 e. The maximum absolute atomic E-state index is 12.6. The number of amides is 2. The van der Waals surface area contributed by atoms with Crippen molar-refractivity contribution in [2.75, 3.05) is 20.7 Å². The average molecular weight is 371 g/mol. The minimum absolute atomic E-state index is 0.000999. The van der Waals surface area contributed by atoms with E-state index in [0.717, 1.165) is 56.0 Å². The molecule has 0 fully saturated rings. The van der Waals surface area contributed by atoms with Crippen LogP contribution in [-0.4, -0.2) is 42.1 Å². The lowest BCUT2D eigenvalue weighted by Crippen LogP contribution is -2.25. The van der Waals surface area contributed by atoms with Crippen molar-refractivity contribution in [2.45, 2.75) is 51.5 Å². The fourth-order valence-electron chi connectivity index (χ4n) is 3.75. The highest BCUT2D eigenvalue weighted by atomic mass is 16.7. The van der Waals surface area contributed by atoms with Gasteiger partial charge in [-0.1, -0.05) is 31.0 Å². The molecule has 2 heterocycles. The van der Waals surface area contributed by atoms with E-state index in [4.69, 9.17) is 4.84 Å². The van der Waals surface area contributed by atoms with E-state index in [1.54, 1.807) is 7.05 Å². The van der Waals surface area contributed by atoms with Crippen molar-refractivity contribution in [1.82, 2.24) is 14.9 Å². The number of hydrogen-bond donors (Lipinski definition) is 1. The molecular weight excluding hydrogens is 342 g/mol. The Bertz CT molecular complexity index is 812. The molecule has 0 aliphatic carbocycles. The summed E-state index contributed by atoms with van der Waals surface area (Å²) < 4.78 is 2.22. The van der Waals surface area contributed by atoms with Crippen LogP contribution in [0.15, 0.2) is 24.4 Å². The number of nitrogens with one attached hydrogen (secondary N) is 1. The normalized spacial score (nSPS) is 13.0. The molecule has 0 saturated heterocycles. The number of hydroxylamine groups is 2. The zero-order valence-electron chi connectivity index (χ0n) is 16.3. The highest BCUT2D eigenvalue weighted by molar-refractivity contribution is 6.07. The smallest absolute Gasteiger partial charge is 0.253 e. The molecule has 0 spiro atoms. The Labute approximate surface area is 160 Å². The van der Waals surface area contributed by atoms with E-state index in [2.05, 4.69) is 16.0 Å². The molecular formula is C21H29N3O3. The van der Waals surface area contributed by atoms with Crippen molar-refractivity contribution < 1.29 is 14.4 Å². The predicted molar refractivity (Wildman–Crippen MR) is 105 cm³/mol. The first-order chi connectivity index (χ1) is 13.1. The van der Waals surface area contributed by atoms with Gasteiger partial charge < -0.3 is 9.88 Å². The van der Waals surface area contributed by atoms with Crippen molar-refractivity contribution in [3.63, 3.8) is 0 Å². The van der Waals surface area contributed by atoms with E-state index in [1.165, 1.54) is 23.3 Å². The summed E-state index contributed by atoms with van der Waals surface area (Å²) in [5, 5.41) is 5.37. The van der Waals surface area contributed by atoms with E-state index in [1.807, 2.05) is 18.3 Å². The Morgan fingerprint density at radius 3 is 2.85 bits per heavy atom. The van der Waals surface area contributed by atoms with Gasteiger partial charge in [-0.3, -0.25) is 14.4 Å². The number of carbonyl (C=O) groups excluding carboxylic acids is 2. The van der Waals surface area contributed by atoms with Gasteiger partial charge in [-0.2, -0.15) is 0 Å². The molecule has 0 saturated carbocycles. The van der Waals surface area contributed by atoms with Crippen LogP contribution in [0, 0.1) is 0 Å². The quantitative estimate of drug-likeness (QED) is 0.543. The molecule has 1 aromatic heterocycles. The van der Waals surface area contributed by atoms with Crippen molar-refractivity contribution in [1.29, 1.82) is 0 Å². The Morgan fingerprint density at radius 1 is 1.22 bits per heavy atom. The van der Waals surface area contributed by atoms with Gasteiger partial charge in [0.25, 0.3) is 5.91 Å². The Balaban J connectivity index is 1.43. The molecule has 146 valence electrons. The summed E-state index contributed by atoms with van der Waals surface area (Å²) in [6.45, 7) is 1.65. The van der Waals surface area contributed by atoms with E-state index in [9.17, 15) is 9.59 Å². The Hall–Kier alpha value is -2.34. The lowest BCUT2D eigenvalue weighted by molar-refractivity contribution is -0.168. The fourth-order valence-corrected chi connectivity index (χ4v) is 3.75. The molecule has 0 radical (unpaired) electrons. The van der Waals surface area contributed by atoms with Gasteiger partial charge in [-0.25, -0.2) is 5.06 Å². The highest BCUT2D eigenvalue weighted by Crippen LogP contribution is 2.29. The molecule has 27 heavy (non-hydrogen) atoms. The van der Waals surface area contributed by atoms with Gasteiger partial charge in [0.1, 0.15) is 0 Å². The van der Waals surface area contributed by atoms with Crippen LogP contribution >= 0.6 is 0 Å². The molecule has 1 N–H and O–H groups in total. The molecule has 2 aromatic rings. The highest BCUT2D eigenvalue weighted by Gasteiger charge is 2.19. The summed E-state index contributed by atoms with van der Waals surface area (Å²) >= 11 is 0. The second-order valence-corrected chi connectivity index (χ2v) is 7.15. The summed E-state index contributed by atoms with van der Waals surface area (Å²) in [7, 11) is 3.11. The standard InChI is InChI=1S/C21H29N3O3/c1-23(27-2)19(25)12-5-3-4-6-13-22-21(26)18-15-24-14-8-10-16-9-7-11-17(18)20(16)24/h7,9,11,15H,3-6,8,10,12-14H2,1-2H3,(H,22,26). The fraction of sp³-hybridized carbons (Fsp3) is 0.524. The third-order valence-corrected chi connectivity index (χ3v) is 5.30. The van der Waals surface area contributed by atoms with Gasteiger partial charge in [-0.05, 0) is 31.2 Å². The number of aryl methyl sites for hydroxylation is 2. The summed E-state index contributed by atoms with van der Waals surface area (Å²) in [4.78, 5) is 29.1. The number of rotatable bonds is 9. The van der Waals surface area contributed by atoms with Crippen molar-refractivity contribution in [3.8, 4) is 0 Å². The van der Waals surface area contributed by atoms with Crippen LogP contribution in [-0.2, 0) is 22.6 Å². The molecule has 3 rings (SSSR count). The first-order valence-electron chi connectivity index (χ1n) is 9.81. The second kappa shape index (κ2) is 9.04. The van der Waals surface area contributed by atoms with Crippen LogP contribution in [0.4, 0.5) is 0 Å². The number of aromatic nitrogens is 1. The van der Waals surface area contributed by atoms with E-state index < -0.39 is 0 Å². The molecule has 2 amide bonds. The van der Waals surface area contributed by atoms with Gasteiger partial charge >= 0.3 is 0 Å². The van der Waals surface area contributed by atoms with Crippen LogP contribution in [0.3, 0.4) is 0 Å². The Morgan fingerprint density at radius 2 is 2.04 bits per heavy atom. The van der Waals surface area contributed by atoms with Crippen molar-refractivity contribution in [3.05, 3.63) is 35.5 Å². The molecule has 0 unspecified atom stereocenters. The summed E-state index contributed by atoms with van der Waals surface area (Å²) in [6.07, 6.45) is 8.45. The average Bonchev–Trinajstić information content (AvgIpc) is 3.07. The molecule has 1 aromatic carbocycles. The topological polar surface area (TPSA) is 63.6 Å². The number of benzene rings is 1. The number of para-hydroxylation sites is 1. The Kier molecular flexibility index (Phi) is 6.50. The van der Waals surface area contributed by atoms with Gasteiger partial charge in [0.15, 0.2) is 0 Å². The van der Waals surface area contributed by atoms with Gasteiger partial charge in [0.2, 0.25) is 5.91 Å². The maximum Gasteiger partial charge on any atom is 0.253 e. The monoisotopic (exact) mass is 371 g/mol. The van der Waals surface area contributed by atoms with Crippen LogP contribution in [0.5, 0.6) is 0 Å².